The van der Waals surface area contributed by atoms with Gasteiger partial charge in [0.1, 0.15) is 5.75 Å². The van der Waals surface area contributed by atoms with Gasteiger partial charge in [-0.25, -0.2) is 0 Å². The van der Waals surface area contributed by atoms with Crippen LogP contribution in [0.5, 0.6) is 17.2 Å². The van der Waals surface area contributed by atoms with Crippen molar-refractivity contribution in [2.24, 2.45) is 5.92 Å². The Morgan fingerprint density at radius 3 is 2.71 bits per heavy atom. The summed E-state index contributed by atoms with van der Waals surface area (Å²) in [6.07, 6.45) is 2.62. The minimum atomic E-state index is 0.235. The number of piperidine rings is 1. The number of aromatic hydroxyl groups is 1. The van der Waals surface area contributed by atoms with Gasteiger partial charge >= 0.3 is 0 Å². The zero-order valence-electron chi connectivity index (χ0n) is 12.6. The van der Waals surface area contributed by atoms with Crippen molar-refractivity contribution in [3.8, 4) is 17.2 Å². The van der Waals surface area contributed by atoms with E-state index in [2.05, 4.69) is 17.1 Å². The van der Waals surface area contributed by atoms with Crippen LogP contribution in [-0.4, -0.2) is 43.0 Å². The van der Waals surface area contributed by atoms with Gasteiger partial charge in [-0.15, -0.1) is 0 Å². The Kier molecular flexibility index (Phi) is 4.51. The van der Waals surface area contributed by atoms with E-state index in [4.69, 9.17) is 9.47 Å². The van der Waals surface area contributed by atoms with Crippen LogP contribution in [0.15, 0.2) is 12.1 Å². The molecule has 2 aliphatic rings. The first kappa shape index (κ1) is 14.5. The lowest BCUT2D eigenvalue weighted by Gasteiger charge is -2.30. The van der Waals surface area contributed by atoms with Crippen LogP contribution in [-0.2, 0) is 6.54 Å². The highest BCUT2D eigenvalue weighted by Gasteiger charge is 2.17. The van der Waals surface area contributed by atoms with Crippen molar-refractivity contribution in [1.29, 1.82) is 0 Å². The number of ether oxygens (including phenoxy) is 2. The normalized spacial score (nSPS) is 19.1. The van der Waals surface area contributed by atoms with Crippen molar-refractivity contribution >= 4 is 0 Å². The van der Waals surface area contributed by atoms with E-state index in [-0.39, 0.29) is 12.5 Å². The number of hydrogen-bond donors (Lipinski definition) is 2. The smallest absolute Gasteiger partial charge is 0.231 e. The minimum Gasteiger partial charge on any atom is -0.507 e. The van der Waals surface area contributed by atoms with Gasteiger partial charge in [-0.2, -0.15) is 0 Å². The molecule has 1 saturated heterocycles. The molecule has 116 valence electrons. The first-order chi connectivity index (χ1) is 10.2. The number of nitrogens with zero attached hydrogens (tertiary/aromatic N) is 1. The Hall–Kier alpha value is -1.46. The molecule has 0 aliphatic carbocycles. The van der Waals surface area contributed by atoms with Gasteiger partial charge in [-0.1, -0.05) is 6.92 Å². The molecule has 5 heteroatoms. The Balaban J connectivity index is 1.43. The fourth-order valence-electron chi connectivity index (χ4n) is 2.86. The topological polar surface area (TPSA) is 54.0 Å². The van der Waals surface area contributed by atoms with Crippen LogP contribution in [0.25, 0.3) is 0 Å². The second-order valence-corrected chi connectivity index (χ2v) is 6.04. The summed E-state index contributed by atoms with van der Waals surface area (Å²) in [5.74, 6) is 2.48. The monoisotopic (exact) mass is 292 g/mol. The third kappa shape index (κ3) is 3.60. The molecule has 0 amide bonds. The van der Waals surface area contributed by atoms with Gasteiger partial charge in [0.2, 0.25) is 6.79 Å². The van der Waals surface area contributed by atoms with Crippen molar-refractivity contribution in [3.63, 3.8) is 0 Å². The standard InChI is InChI=1S/C16H24N2O3/c1-12-2-5-18(6-3-12)7-4-17-10-13-8-15-16(9-14(13)19)21-11-20-15/h8-9,12,17,19H,2-7,10-11H2,1H3. The lowest BCUT2D eigenvalue weighted by Crippen LogP contribution is -2.37. The van der Waals surface area contributed by atoms with E-state index < -0.39 is 0 Å². The van der Waals surface area contributed by atoms with Gasteiger partial charge < -0.3 is 24.8 Å². The van der Waals surface area contributed by atoms with Crippen LogP contribution in [0.2, 0.25) is 0 Å². The van der Waals surface area contributed by atoms with Crippen LogP contribution in [0.3, 0.4) is 0 Å². The average molecular weight is 292 g/mol. The third-order valence-electron chi connectivity index (χ3n) is 4.37. The molecule has 0 aromatic heterocycles. The molecule has 0 spiro atoms. The number of nitrogens with one attached hydrogen (secondary N) is 1. The lowest BCUT2D eigenvalue weighted by atomic mass is 9.99. The van der Waals surface area contributed by atoms with Crippen molar-refractivity contribution < 1.29 is 14.6 Å². The highest BCUT2D eigenvalue weighted by Crippen LogP contribution is 2.37. The highest BCUT2D eigenvalue weighted by atomic mass is 16.7. The van der Waals surface area contributed by atoms with Gasteiger partial charge in [0, 0.05) is 31.3 Å². The van der Waals surface area contributed by atoms with E-state index in [1.807, 2.05) is 6.07 Å². The summed E-state index contributed by atoms with van der Waals surface area (Å²) in [7, 11) is 0. The second-order valence-electron chi connectivity index (χ2n) is 6.04. The summed E-state index contributed by atoms with van der Waals surface area (Å²) in [5, 5.41) is 13.4. The fourth-order valence-corrected chi connectivity index (χ4v) is 2.86. The molecule has 3 rings (SSSR count). The molecule has 0 atom stereocenters. The molecule has 2 aliphatic heterocycles. The maximum Gasteiger partial charge on any atom is 0.231 e. The van der Waals surface area contributed by atoms with Gasteiger partial charge in [0.25, 0.3) is 0 Å². The predicted molar refractivity (Wildman–Crippen MR) is 80.8 cm³/mol. The summed E-state index contributed by atoms with van der Waals surface area (Å²) >= 11 is 0. The number of likely N-dealkylation sites (tertiary alicyclic amines) is 1. The van der Waals surface area contributed by atoms with E-state index in [0.29, 0.717) is 12.3 Å². The molecule has 2 heterocycles. The maximum absolute atomic E-state index is 9.97. The summed E-state index contributed by atoms with van der Waals surface area (Å²) in [4.78, 5) is 2.51. The maximum atomic E-state index is 9.97. The quantitative estimate of drug-likeness (QED) is 0.812. The number of fused-ring (bicyclic) bond motifs is 1. The minimum absolute atomic E-state index is 0.235. The molecule has 5 nitrogen and oxygen atoms in total. The Labute approximate surface area is 125 Å². The third-order valence-corrected chi connectivity index (χ3v) is 4.37. The molecule has 1 aromatic rings. The van der Waals surface area contributed by atoms with Crippen LogP contribution in [0, 0.1) is 5.92 Å². The van der Waals surface area contributed by atoms with E-state index in [1.165, 1.54) is 25.9 Å². The van der Waals surface area contributed by atoms with E-state index >= 15 is 0 Å². The fraction of sp³-hybridized carbons (Fsp3) is 0.625. The van der Waals surface area contributed by atoms with Crippen LogP contribution >= 0.6 is 0 Å². The zero-order valence-corrected chi connectivity index (χ0v) is 12.6. The summed E-state index contributed by atoms with van der Waals surface area (Å²) < 4.78 is 10.6. The Morgan fingerprint density at radius 2 is 1.95 bits per heavy atom. The molecule has 0 radical (unpaired) electrons. The van der Waals surface area contributed by atoms with Gasteiger partial charge in [0.05, 0.1) is 0 Å². The Morgan fingerprint density at radius 1 is 1.24 bits per heavy atom. The number of benzene rings is 1. The molecule has 1 fully saturated rings. The van der Waals surface area contributed by atoms with Crippen molar-refractivity contribution in [2.45, 2.75) is 26.3 Å². The molecule has 0 saturated carbocycles. The molecule has 1 aromatic carbocycles. The number of phenols is 1. The second kappa shape index (κ2) is 6.54. The summed E-state index contributed by atoms with van der Waals surface area (Å²) in [6, 6.07) is 3.48. The molecular weight excluding hydrogens is 268 g/mol. The lowest BCUT2D eigenvalue weighted by molar-refractivity contribution is 0.174. The van der Waals surface area contributed by atoms with Crippen molar-refractivity contribution in [1.82, 2.24) is 10.2 Å². The summed E-state index contributed by atoms with van der Waals surface area (Å²) in [5.41, 5.74) is 0.853. The zero-order chi connectivity index (χ0) is 14.7. The number of hydrogen-bond acceptors (Lipinski definition) is 5. The first-order valence-electron chi connectivity index (χ1n) is 7.77. The molecular formula is C16H24N2O3. The Bertz CT molecular complexity index is 485. The molecule has 0 bridgehead atoms. The summed E-state index contributed by atoms with van der Waals surface area (Å²) in [6.45, 7) is 7.63. The highest BCUT2D eigenvalue weighted by molar-refractivity contribution is 5.51. The average Bonchev–Trinajstić information content (AvgIpc) is 2.92. The SMILES string of the molecule is CC1CCN(CCNCc2cc3c(cc2O)OCO3)CC1. The van der Waals surface area contributed by atoms with Gasteiger partial charge in [-0.3, -0.25) is 0 Å². The molecule has 2 N–H and O–H groups in total. The van der Waals surface area contributed by atoms with Gasteiger partial charge in [-0.05, 0) is 37.9 Å². The van der Waals surface area contributed by atoms with Crippen LogP contribution in [0.1, 0.15) is 25.3 Å². The van der Waals surface area contributed by atoms with Gasteiger partial charge in [0.15, 0.2) is 11.5 Å². The molecule has 0 unspecified atom stereocenters. The number of rotatable bonds is 5. The predicted octanol–water partition coefficient (Wildman–Crippen LogP) is 1.94. The van der Waals surface area contributed by atoms with E-state index in [9.17, 15) is 5.11 Å². The van der Waals surface area contributed by atoms with E-state index in [0.717, 1.165) is 30.3 Å². The van der Waals surface area contributed by atoms with Crippen LogP contribution < -0.4 is 14.8 Å². The largest absolute Gasteiger partial charge is 0.507 e. The van der Waals surface area contributed by atoms with Crippen LogP contribution in [0.4, 0.5) is 0 Å². The first-order valence-corrected chi connectivity index (χ1v) is 7.77. The van der Waals surface area contributed by atoms with E-state index in [1.54, 1.807) is 6.07 Å². The van der Waals surface area contributed by atoms with Crippen molar-refractivity contribution in [3.05, 3.63) is 17.7 Å². The van der Waals surface area contributed by atoms with Crippen molar-refractivity contribution in [2.75, 3.05) is 33.0 Å². The molecule has 21 heavy (non-hydrogen) atoms. The number of phenolic OH excluding ortho intramolecular Hbond substituents is 1.